The standard InChI is InChI=1S/C12H24O/c1-3-5-6-7-8-9-10-12(4-2)11-13/h9-10,12-13H,3-8,11H2,1-2H3/b10-9+/t12-/m0/s1. The number of aliphatic hydroxyl groups excluding tert-OH is 1. The van der Waals surface area contributed by atoms with Crippen molar-refractivity contribution in [1.29, 1.82) is 0 Å². The highest BCUT2D eigenvalue weighted by Gasteiger charge is 1.96. The van der Waals surface area contributed by atoms with Crippen molar-refractivity contribution < 1.29 is 5.11 Å². The first kappa shape index (κ1) is 12.7. The van der Waals surface area contributed by atoms with Gasteiger partial charge < -0.3 is 5.11 Å². The van der Waals surface area contributed by atoms with Gasteiger partial charge in [-0.15, -0.1) is 0 Å². The molecule has 0 aliphatic carbocycles. The zero-order valence-corrected chi connectivity index (χ0v) is 9.13. The smallest absolute Gasteiger partial charge is 0.0493 e. The molecule has 1 N–H and O–H groups in total. The summed E-state index contributed by atoms with van der Waals surface area (Å²) in [7, 11) is 0. The summed E-state index contributed by atoms with van der Waals surface area (Å²) in [6, 6.07) is 0. The van der Waals surface area contributed by atoms with Crippen molar-refractivity contribution >= 4 is 0 Å². The molecule has 0 spiro atoms. The Labute approximate surface area is 82.9 Å². The molecule has 0 aromatic heterocycles. The van der Waals surface area contributed by atoms with Crippen LogP contribution in [-0.4, -0.2) is 11.7 Å². The summed E-state index contributed by atoms with van der Waals surface area (Å²) in [5, 5.41) is 8.92. The Hall–Kier alpha value is -0.300. The molecule has 78 valence electrons. The largest absolute Gasteiger partial charge is 0.396 e. The Morgan fingerprint density at radius 3 is 2.46 bits per heavy atom. The third-order valence-electron chi connectivity index (χ3n) is 2.39. The molecule has 0 saturated carbocycles. The van der Waals surface area contributed by atoms with E-state index in [2.05, 4.69) is 26.0 Å². The number of aliphatic hydroxyl groups is 1. The maximum absolute atomic E-state index is 8.92. The lowest BCUT2D eigenvalue weighted by atomic mass is 10.1. The van der Waals surface area contributed by atoms with Crippen LogP contribution in [0.2, 0.25) is 0 Å². The molecule has 0 unspecified atom stereocenters. The molecule has 0 heterocycles. The van der Waals surface area contributed by atoms with Crippen LogP contribution in [0, 0.1) is 5.92 Å². The molecule has 0 bridgehead atoms. The molecule has 0 amide bonds. The van der Waals surface area contributed by atoms with E-state index in [0.29, 0.717) is 12.5 Å². The minimum absolute atomic E-state index is 0.294. The molecule has 13 heavy (non-hydrogen) atoms. The Morgan fingerprint density at radius 1 is 1.15 bits per heavy atom. The predicted octanol–water partition coefficient (Wildman–Crippen LogP) is 3.53. The number of hydrogen-bond donors (Lipinski definition) is 1. The van der Waals surface area contributed by atoms with Gasteiger partial charge in [-0.25, -0.2) is 0 Å². The first-order chi connectivity index (χ1) is 6.35. The van der Waals surface area contributed by atoms with Crippen LogP contribution in [0.1, 0.15) is 52.4 Å². The molecular weight excluding hydrogens is 160 g/mol. The first-order valence-corrected chi connectivity index (χ1v) is 5.62. The summed E-state index contributed by atoms with van der Waals surface area (Å²) < 4.78 is 0. The van der Waals surface area contributed by atoms with Crippen LogP contribution in [0.3, 0.4) is 0 Å². The summed E-state index contributed by atoms with van der Waals surface area (Å²) in [4.78, 5) is 0. The van der Waals surface area contributed by atoms with Gasteiger partial charge in [-0.2, -0.15) is 0 Å². The monoisotopic (exact) mass is 184 g/mol. The molecule has 0 rings (SSSR count). The van der Waals surface area contributed by atoms with E-state index in [4.69, 9.17) is 5.11 Å². The predicted molar refractivity (Wildman–Crippen MR) is 58.8 cm³/mol. The molecule has 0 aliphatic heterocycles. The maximum Gasteiger partial charge on any atom is 0.0493 e. The molecular formula is C12H24O. The van der Waals surface area contributed by atoms with E-state index in [0.717, 1.165) is 6.42 Å². The van der Waals surface area contributed by atoms with Crippen LogP contribution in [0.25, 0.3) is 0 Å². The Bertz CT molecular complexity index is 114. The molecule has 1 atom stereocenters. The third-order valence-corrected chi connectivity index (χ3v) is 2.39. The molecule has 0 aliphatic rings. The second-order valence-corrected chi connectivity index (χ2v) is 3.63. The lowest BCUT2D eigenvalue weighted by Crippen LogP contribution is -1.99. The van der Waals surface area contributed by atoms with Crippen LogP contribution in [-0.2, 0) is 0 Å². The highest BCUT2D eigenvalue weighted by atomic mass is 16.3. The first-order valence-electron chi connectivity index (χ1n) is 5.62. The molecule has 0 radical (unpaired) electrons. The SMILES string of the molecule is CCCCCC/C=C/[C@H](CC)CO. The molecule has 1 heteroatoms. The fourth-order valence-electron chi connectivity index (χ4n) is 1.30. The van der Waals surface area contributed by atoms with Crippen molar-refractivity contribution in [2.45, 2.75) is 52.4 Å². The summed E-state index contributed by atoms with van der Waals surface area (Å²) >= 11 is 0. The van der Waals surface area contributed by atoms with Gasteiger partial charge in [-0.1, -0.05) is 45.3 Å². The summed E-state index contributed by atoms with van der Waals surface area (Å²) in [6.07, 6.45) is 11.9. The highest BCUT2D eigenvalue weighted by Crippen LogP contribution is 2.07. The summed E-state index contributed by atoms with van der Waals surface area (Å²) in [6.45, 7) is 4.64. The van der Waals surface area contributed by atoms with Gasteiger partial charge in [0.15, 0.2) is 0 Å². The topological polar surface area (TPSA) is 20.2 Å². The van der Waals surface area contributed by atoms with Gasteiger partial charge in [0.05, 0.1) is 0 Å². The second-order valence-electron chi connectivity index (χ2n) is 3.63. The van der Waals surface area contributed by atoms with Crippen LogP contribution in [0.15, 0.2) is 12.2 Å². The van der Waals surface area contributed by atoms with E-state index in [1.807, 2.05) is 0 Å². The van der Waals surface area contributed by atoms with Crippen LogP contribution < -0.4 is 0 Å². The molecule has 0 fully saturated rings. The van der Waals surface area contributed by atoms with Gasteiger partial charge in [-0.05, 0) is 25.2 Å². The molecule has 1 nitrogen and oxygen atoms in total. The Balaban J connectivity index is 3.28. The average Bonchev–Trinajstić information content (AvgIpc) is 2.17. The van der Waals surface area contributed by atoms with Gasteiger partial charge in [-0.3, -0.25) is 0 Å². The van der Waals surface area contributed by atoms with E-state index in [-0.39, 0.29) is 0 Å². The van der Waals surface area contributed by atoms with Gasteiger partial charge in [0.25, 0.3) is 0 Å². The highest BCUT2D eigenvalue weighted by molar-refractivity contribution is 4.87. The van der Waals surface area contributed by atoms with Crippen molar-refractivity contribution in [2.75, 3.05) is 6.61 Å². The van der Waals surface area contributed by atoms with E-state index in [9.17, 15) is 0 Å². The lowest BCUT2D eigenvalue weighted by molar-refractivity contribution is 0.249. The van der Waals surface area contributed by atoms with Crippen LogP contribution in [0.5, 0.6) is 0 Å². The lowest BCUT2D eigenvalue weighted by Gasteiger charge is -2.03. The fraction of sp³-hybridized carbons (Fsp3) is 0.833. The van der Waals surface area contributed by atoms with E-state index >= 15 is 0 Å². The summed E-state index contributed by atoms with van der Waals surface area (Å²) in [5.41, 5.74) is 0. The van der Waals surface area contributed by atoms with Crippen LogP contribution in [0.4, 0.5) is 0 Å². The minimum Gasteiger partial charge on any atom is -0.396 e. The van der Waals surface area contributed by atoms with Crippen molar-refractivity contribution in [2.24, 2.45) is 5.92 Å². The number of rotatable bonds is 8. The van der Waals surface area contributed by atoms with Crippen LogP contribution >= 0.6 is 0 Å². The normalized spacial score (nSPS) is 13.8. The minimum atomic E-state index is 0.294. The number of hydrogen-bond acceptors (Lipinski definition) is 1. The quantitative estimate of drug-likeness (QED) is 0.452. The number of allylic oxidation sites excluding steroid dienone is 1. The van der Waals surface area contributed by atoms with Gasteiger partial charge in [0.1, 0.15) is 0 Å². The maximum atomic E-state index is 8.92. The number of unbranched alkanes of at least 4 members (excludes halogenated alkanes) is 4. The van der Waals surface area contributed by atoms with Gasteiger partial charge in [0, 0.05) is 6.61 Å². The fourth-order valence-corrected chi connectivity index (χ4v) is 1.30. The molecule has 0 saturated heterocycles. The van der Waals surface area contributed by atoms with E-state index < -0.39 is 0 Å². The average molecular weight is 184 g/mol. The van der Waals surface area contributed by atoms with Crippen molar-refractivity contribution in [3.8, 4) is 0 Å². The second kappa shape index (κ2) is 9.79. The van der Waals surface area contributed by atoms with Gasteiger partial charge >= 0.3 is 0 Å². The van der Waals surface area contributed by atoms with Gasteiger partial charge in [0.2, 0.25) is 0 Å². The van der Waals surface area contributed by atoms with E-state index in [1.165, 1.54) is 32.1 Å². The third kappa shape index (κ3) is 8.04. The Kier molecular flexibility index (Phi) is 9.56. The Morgan fingerprint density at radius 2 is 1.92 bits per heavy atom. The van der Waals surface area contributed by atoms with Crippen molar-refractivity contribution in [3.05, 3.63) is 12.2 Å². The van der Waals surface area contributed by atoms with E-state index in [1.54, 1.807) is 0 Å². The van der Waals surface area contributed by atoms with Crippen molar-refractivity contribution in [1.82, 2.24) is 0 Å². The summed E-state index contributed by atoms with van der Waals surface area (Å²) in [5.74, 6) is 0.381. The molecule has 0 aromatic rings. The molecule has 0 aromatic carbocycles. The van der Waals surface area contributed by atoms with Crippen molar-refractivity contribution in [3.63, 3.8) is 0 Å². The zero-order valence-electron chi connectivity index (χ0n) is 9.13. The zero-order chi connectivity index (χ0) is 9.94.